The average molecular weight is 455 g/mol. The summed E-state index contributed by atoms with van der Waals surface area (Å²) in [6.07, 6.45) is 0.654. The van der Waals surface area contributed by atoms with E-state index in [4.69, 9.17) is 9.47 Å². The molecule has 1 aliphatic rings. The van der Waals surface area contributed by atoms with Gasteiger partial charge in [0.05, 0.1) is 30.9 Å². The van der Waals surface area contributed by atoms with Crippen LogP contribution in [0.3, 0.4) is 0 Å². The van der Waals surface area contributed by atoms with Gasteiger partial charge in [0.2, 0.25) is 0 Å². The van der Waals surface area contributed by atoms with E-state index in [-0.39, 0.29) is 16.9 Å². The van der Waals surface area contributed by atoms with Crippen molar-refractivity contribution in [3.05, 3.63) is 59.2 Å². The van der Waals surface area contributed by atoms with Crippen molar-refractivity contribution in [1.82, 2.24) is 9.80 Å². The lowest BCUT2D eigenvalue weighted by Gasteiger charge is -2.26. The minimum atomic E-state index is -0.788. The third-order valence-electron chi connectivity index (χ3n) is 5.51. The van der Waals surface area contributed by atoms with Crippen LogP contribution in [0.15, 0.2) is 48.0 Å². The van der Waals surface area contributed by atoms with Crippen LogP contribution >= 0.6 is 0 Å². The Labute approximate surface area is 193 Å². The van der Waals surface area contributed by atoms with Crippen LogP contribution in [0.5, 0.6) is 17.2 Å². The Morgan fingerprint density at radius 3 is 2.33 bits per heavy atom. The van der Waals surface area contributed by atoms with Crippen LogP contribution in [-0.4, -0.2) is 72.6 Å². The van der Waals surface area contributed by atoms with E-state index in [0.717, 1.165) is 6.54 Å². The van der Waals surface area contributed by atoms with Crippen LogP contribution in [0, 0.1) is 0 Å². The van der Waals surface area contributed by atoms with E-state index in [0.29, 0.717) is 36.6 Å². The van der Waals surface area contributed by atoms with Crippen molar-refractivity contribution in [2.45, 2.75) is 19.4 Å². The maximum atomic E-state index is 13.1. The molecule has 1 heterocycles. The molecule has 2 aromatic rings. The van der Waals surface area contributed by atoms with E-state index in [1.165, 1.54) is 24.1 Å². The fourth-order valence-electron chi connectivity index (χ4n) is 3.91. The summed E-state index contributed by atoms with van der Waals surface area (Å²) >= 11 is 0. The normalized spacial score (nSPS) is 17.6. The molecular weight excluding hydrogens is 424 g/mol. The second-order valence-corrected chi connectivity index (χ2v) is 8.03. The summed E-state index contributed by atoms with van der Waals surface area (Å²) in [6.45, 7) is 3.47. The lowest BCUT2D eigenvalue weighted by atomic mass is 9.95. The number of amides is 1. The van der Waals surface area contributed by atoms with Crippen molar-refractivity contribution in [1.29, 1.82) is 0 Å². The molecule has 0 saturated carbocycles. The molecule has 1 amide bonds. The van der Waals surface area contributed by atoms with Gasteiger partial charge in [-0.05, 0) is 63.8 Å². The highest BCUT2D eigenvalue weighted by atomic mass is 16.5. The minimum Gasteiger partial charge on any atom is -0.507 e. The Bertz CT molecular complexity index is 1050. The molecule has 2 aromatic carbocycles. The Hall–Kier alpha value is -3.52. The van der Waals surface area contributed by atoms with Gasteiger partial charge < -0.3 is 29.5 Å². The summed E-state index contributed by atoms with van der Waals surface area (Å²) in [6, 6.07) is 10.7. The number of rotatable bonds is 9. The maximum Gasteiger partial charge on any atom is 0.295 e. The summed E-state index contributed by atoms with van der Waals surface area (Å²) in [5.41, 5.74) is 0.657. The summed E-state index contributed by atoms with van der Waals surface area (Å²) in [5, 5.41) is 21.5. The van der Waals surface area contributed by atoms with Crippen LogP contribution < -0.4 is 9.47 Å². The van der Waals surface area contributed by atoms with E-state index in [1.54, 1.807) is 30.3 Å². The third-order valence-corrected chi connectivity index (χ3v) is 5.51. The molecule has 0 aliphatic carbocycles. The smallest absolute Gasteiger partial charge is 0.295 e. The van der Waals surface area contributed by atoms with Crippen LogP contribution in [0.2, 0.25) is 0 Å². The van der Waals surface area contributed by atoms with Crippen LogP contribution in [0.1, 0.15) is 30.5 Å². The average Bonchev–Trinajstić information content (AvgIpc) is 3.04. The molecule has 8 heteroatoms. The summed E-state index contributed by atoms with van der Waals surface area (Å²) in [7, 11) is 5.33. The Balaban J connectivity index is 2.09. The Kier molecular flexibility index (Phi) is 7.60. The number of aliphatic hydroxyl groups excluding tert-OH is 1. The standard InChI is InChI=1S/C25H30N2O6/c1-5-33-17-9-7-16(8-10-17)22-21(23(29)19-12-11-18(32-4)15-20(19)28)24(30)25(31)27(22)14-6-13-26(2)3/h7-12,15,22,28-29H,5-6,13-14H2,1-4H3/t22-/m1/s1. The second kappa shape index (κ2) is 10.4. The number of aromatic hydroxyl groups is 1. The van der Waals surface area contributed by atoms with E-state index in [2.05, 4.69) is 0 Å². The number of carbonyl (C=O) groups excluding carboxylic acids is 2. The summed E-state index contributed by atoms with van der Waals surface area (Å²) in [4.78, 5) is 29.5. The zero-order chi connectivity index (χ0) is 24.1. The SMILES string of the molecule is CCOc1ccc([C@@H]2C(=C(O)c3ccc(OC)cc3O)C(=O)C(=O)N2CCCN(C)C)cc1. The zero-order valence-corrected chi connectivity index (χ0v) is 19.4. The molecule has 0 bridgehead atoms. The number of ether oxygens (including phenoxy) is 2. The molecule has 176 valence electrons. The molecule has 0 aromatic heterocycles. The highest BCUT2D eigenvalue weighted by molar-refractivity contribution is 6.46. The van der Waals surface area contributed by atoms with Crippen molar-refractivity contribution in [2.24, 2.45) is 0 Å². The number of nitrogens with zero attached hydrogens (tertiary/aromatic N) is 2. The van der Waals surface area contributed by atoms with Crippen LogP contribution in [-0.2, 0) is 9.59 Å². The van der Waals surface area contributed by atoms with Crippen molar-refractivity contribution in [2.75, 3.05) is 40.9 Å². The zero-order valence-electron chi connectivity index (χ0n) is 19.4. The Morgan fingerprint density at radius 1 is 1.09 bits per heavy atom. The molecule has 2 N–H and O–H groups in total. The monoisotopic (exact) mass is 454 g/mol. The number of hydrogen-bond acceptors (Lipinski definition) is 7. The molecule has 8 nitrogen and oxygen atoms in total. The van der Waals surface area contributed by atoms with Gasteiger partial charge in [0.15, 0.2) is 0 Å². The second-order valence-electron chi connectivity index (χ2n) is 8.03. The highest BCUT2D eigenvalue weighted by Crippen LogP contribution is 2.41. The first-order chi connectivity index (χ1) is 15.8. The topological polar surface area (TPSA) is 99.5 Å². The van der Waals surface area contributed by atoms with Crippen molar-refractivity contribution >= 4 is 17.4 Å². The van der Waals surface area contributed by atoms with Crippen molar-refractivity contribution in [3.8, 4) is 17.2 Å². The number of ketones is 1. The van der Waals surface area contributed by atoms with E-state index >= 15 is 0 Å². The number of hydrogen-bond donors (Lipinski definition) is 2. The van der Waals surface area contributed by atoms with Crippen LogP contribution in [0.4, 0.5) is 0 Å². The predicted octanol–water partition coefficient (Wildman–Crippen LogP) is 3.17. The van der Waals surface area contributed by atoms with Gasteiger partial charge in [0.25, 0.3) is 11.7 Å². The largest absolute Gasteiger partial charge is 0.507 e. The maximum absolute atomic E-state index is 13.1. The van der Waals surface area contributed by atoms with Crippen molar-refractivity contribution in [3.63, 3.8) is 0 Å². The minimum absolute atomic E-state index is 0.0537. The number of Topliss-reactive ketones (excluding diaryl/α,β-unsaturated/α-hetero) is 1. The molecule has 0 spiro atoms. The third kappa shape index (κ3) is 5.12. The lowest BCUT2D eigenvalue weighted by molar-refractivity contribution is -0.139. The van der Waals surface area contributed by atoms with Gasteiger partial charge in [-0.2, -0.15) is 0 Å². The van der Waals surface area contributed by atoms with Gasteiger partial charge in [-0.3, -0.25) is 9.59 Å². The van der Waals surface area contributed by atoms with Gasteiger partial charge >= 0.3 is 0 Å². The molecule has 0 unspecified atom stereocenters. The van der Waals surface area contributed by atoms with Gasteiger partial charge in [-0.15, -0.1) is 0 Å². The van der Waals surface area contributed by atoms with Gasteiger partial charge in [0, 0.05) is 12.6 Å². The number of methoxy groups -OCH3 is 1. The van der Waals surface area contributed by atoms with Gasteiger partial charge in [0.1, 0.15) is 23.0 Å². The Morgan fingerprint density at radius 2 is 1.76 bits per heavy atom. The highest BCUT2D eigenvalue weighted by Gasteiger charge is 2.46. The number of phenols is 1. The molecule has 1 aliphatic heterocycles. The molecular formula is C25H30N2O6. The number of benzene rings is 2. The first-order valence-corrected chi connectivity index (χ1v) is 10.8. The van der Waals surface area contributed by atoms with E-state index in [1.807, 2.05) is 25.9 Å². The first-order valence-electron chi connectivity index (χ1n) is 10.8. The number of aliphatic hydroxyl groups is 1. The molecule has 1 atom stereocenters. The molecule has 3 rings (SSSR count). The van der Waals surface area contributed by atoms with Crippen molar-refractivity contribution < 1.29 is 29.3 Å². The fraction of sp³-hybridized carbons (Fsp3) is 0.360. The molecule has 0 radical (unpaired) electrons. The first kappa shape index (κ1) is 24.1. The summed E-state index contributed by atoms with van der Waals surface area (Å²) in [5.74, 6) is -1.08. The quantitative estimate of drug-likeness (QED) is 0.341. The van der Waals surface area contributed by atoms with E-state index < -0.39 is 23.5 Å². The number of carbonyl (C=O) groups is 2. The van der Waals surface area contributed by atoms with E-state index in [9.17, 15) is 19.8 Å². The molecule has 33 heavy (non-hydrogen) atoms. The summed E-state index contributed by atoms with van der Waals surface area (Å²) < 4.78 is 10.6. The van der Waals surface area contributed by atoms with Crippen LogP contribution in [0.25, 0.3) is 5.76 Å². The molecule has 1 fully saturated rings. The van der Waals surface area contributed by atoms with Gasteiger partial charge in [-0.1, -0.05) is 12.1 Å². The number of likely N-dealkylation sites (tertiary alicyclic amines) is 1. The van der Waals surface area contributed by atoms with Gasteiger partial charge in [-0.25, -0.2) is 0 Å². The number of phenolic OH excluding ortho intramolecular Hbond substituents is 1. The predicted molar refractivity (Wildman–Crippen MR) is 124 cm³/mol. The lowest BCUT2D eigenvalue weighted by Crippen LogP contribution is -2.32. The molecule has 1 saturated heterocycles. The fourth-order valence-corrected chi connectivity index (χ4v) is 3.91.